The van der Waals surface area contributed by atoms with Gasteiger partial charge in [-0.05, 0) is 64.5 Å². The molecule has 0 fully saturated rings. The molecule has 0 bridgehead atoms. The molecule has 2 N–H and O–H groups in total. The van der Waals surface area contributed by atoms with Crippen molar-refractivity contribution in [2.24, 2.45) is 5.10 Å². The van der Waals surface area contributed by atoms with E-state index in [0.29, 0.717) is 44.5 Å². The van der Waals surface area contributed by atoms with Crippen molar-refractivity contribution in [2.45, 2.75) is 0 Å². The highest BCUT2D eigenvalue weighted by Gasteiger charge is 2.21. The summed E-state index contributed by atoms with van der Waals surface area (Å²) in [7, 11) is 1.55. The van der Waals surface area contributed by atoms with Gasteiger partial charge in [-0.2, -0.15) is 5.10 Å². The van der Waals surface area contributed by atoms with E-state index < -0.39 is 11.9 Å². The zero-order chi connectivity index (χ0) is 27.4. The van der Waals surface area contributed by atoms with Crippen LogP contribution in [-0.4, -0.2) is 30.2 Å². The molecule has 7 nitrogen and oxygen atoms in total. The number of carbonyl (C=O) groups is 2. The van der Waals surface area contributed by atoms with Gasteiger partial charge in [0.05, 0.1) is 24.4 Å². The fourth-order valence-electron chi connectivity index (χ4n) is 4.08. The lowest BCUT2D eigenvalue weighted by Crippen LogP contribution is -2.19. The van der Waals surface area contributed by atoms with Crippen LogP contribution in [0.2, 0.25) is 5.02 Å². The van der Waals surface area contributed by atoms with E-state index in [1.54, 1.807) is 61.7 Å². The van der Waals surface area contributed by atoms with E-state index in [1.807, 2.05) is 36.4 Å². The molecular formula is C30H21BrClN3O4. The Labute approximate surface area is 237 Å². The first kappa shape index (κ1) is 26.2. The number of para-hydroxylation sites is 2. The zero-order valence-corrected chi connectivity index (χ0v) is 22.9. The van der Waals surface area contributed by atoms with Crippen molar-refractivity contribution in [3.05, 3.63) is 117 Å². The Bertz CT molecular complexity index is 1710. The van der Waals surface area contributed by atoms with Gasteiger partial charge >= 0.3 is 5.97 Å². The third kappa shape index (κ3) is 5.57. The van der Waals surface area contributed by atoms with Crippen LogP contribution in [0.4, 0.5) is 0 Å². The Kier molecular flexibility index (Phi) is 7.76. The van der Waals surface area contributed by atoms with Crippen LogP contribution in [0.25, 0.3) is 22.0 Å². The number of nitrogens with zero attached hydrogens (tertiary/aromatic N) is 1. The molecule has 5 aromatic rings. The second-order valence-electron chi connectivity index (χ2n) is 8.37. The lowest BCUT2D eigenvalue weighted by Gasteiger charge is -2.08. The number of aromatic amines is 1. The first-order chi connectivity index (χ1) is 19.0. The molecule has 5 rings (SSSR count). The molecular weight excluding hydrogens is 582 g/mol. The maximum Gasteiger partial charge on any atom is 0.343 e. The quantitative estimate of drug-likeness (QED) is 0.0889. The standard InChI is InChI=1S/C30H21BrClN3O4/c1-38-20-15-13-18(14-16-20)30(37)39-25-12-5-2-7-19(25)17-33-35-29(36)28-26(21-8-3-4-11-24(21)32)22-9-6-10-23(31)27(22)34-28/h2-17,34H,1H3,(H,35,36). The highest BCUT2D eigenvalue weighted by Crippen LogP contribution is 2.38. The topological polar surface area (TPSA) is 92.8 Å². The average molecular weight is 603 g/mol. The summed E-state index contributed by atoms with van der Waals surface area (Å²) in [6, 6.07) is 26.5. The first-order valence-electron chi connectivity index (χ1n) is 11.8. The van der Waals surface area contributed by atoms with Gasteiger partial charge in [-0.15, -0.1) is 0 Å². The molecule has 0 aliphatic carbocycles. The molecule has 4 aromatic carbocycles. The van der Waals surface area contributed by atoms with Crippen LogP contribution in [0, 0.1) is 0 Å². The molecule has 194 valence electrons. The fourth-order valence-corrected chi connectivity index (χ4v) is 4.77. The number of H-pyrrole nitrogens is 1. The van der Waals surface area contributed by atoms with Crippen molar-refractivity contribution in [3.8, 4) is 22.6 Å². The number of rotatable bonds is 7. The normalized spacial score (nSPS) is 11.1. The Morgan fingerprint density at radius 1 is 0.949 bits per heavy atom. The van der Waals surface area contributed by atoms with Crippen LogP contribution in [0.5, 0.6) is 11.5 Å². The number of benzene rings is 4. The van der Waals surface area contributed by atoms with Gasteiger partial charge < -0.3 is 14.5 Å². The van der Waals surface area contributed by atoms with Crippen LogP contribution in [-0.2, 0) is 0 Å². The Morgan fingerprint density at radius 2 is 1.69 bits per heavy atom. The van der Waals surface area contributed by atoms with Crippen molar-refractivity contribution in [1.29, 1.82) is 0 Å². The molecule has 1 heterocycles. The van der Waals surface area contributed by atoms with Crippen LogP contribution in [0.15, 0.2) is 101 Å². The summed E-state index contributed by atoms with van der Waals surface area (Å²) in [5, 5.41) is 5.49. The van der Waals surface area contributed by atoms with Crippen LogP contribution in [0.1, 0.15) is 26.4 Å². The second kappa shape index (κ2) is 11.6. The number of hydrogen-bond donors (Lipinski definition) is 2. The number of carbonyl (C=O) groups excluding carboxylic acids is 2. The van der Waals surface area contributed by atoms with Gasteiger partial charge in [-0.3, -0.25) is 4.79 Å². The third-order valence-electron chi connectivity index (χ3n) is 5.97. The molecule has 0 aliphatic heterocycles. The van der Waals surface area contributed by atoms with Crippen LogP contribution >= 0.6 is 27.5 Å². The van der Waals surface area contributed by atoms with Crippen molar-refractivity contribution < 1.29 is 19.1 Å². The van der Waals surface area contributed by atoms with Crippen molar-refractivity contribution in [2.75, 3.05) is 7.11 Å². The minimum atomic E-state index is -0.532. The van der Waals surface area contributed by atoms with E-state index in [2.05, 4.69) is 31.4 Å². The molecule has 1 amide bonds. The summed E-state index contributed by atoms with van der Waals surface area (Å²) in [5.74, 6) is -0.0648. The van der Waals surface area contributed by atoms with E-state index in [1.165, 1.54) is 6.21 Å². The van der Waals surface area contributed by atoms with Crippen LogP contribution < -0.4 is 14.9 Å². The number of hydrazone groups is 1. The van der Waals surface area contributed by atoms with E-state index in [9.17, 15) is 9.59 Å². The maximum atomic E-state index is 13.3. The van der Waals surface area contributed by atoms with E-state index in [-0.39, 0.29) is 0 Å². The Morgan fingerprint density at radius 3 is 2.46 bits per heavy atom. The van der Waals surface area contributed by atoms with E-state index in [0.717, 1.165) is 15.4 Å². The second-order valence-corrected chi connectivity index (χ2v) is 9.63. The van der Waals surface area contributed by atoms with Gasteiger partial charge in [-0.25, -0.2) is 10.2 Å². The van der Waals surface area contributed by atoms with Gasteiger partial charge in [-0.1, -0.05) is 54.1 Å². The minimum absolute atomic E-state index is 0.294. The molecule has 0 spiro atoms. The largest absolute Gasteiger partial charge is 0.497 e. The minimum Gasteiger partial charge on any atom is -0.497 e. The van der Waals surface area contributed by atoms with Crippen molar-refractivity contribution in [1.82, 2.24) is 10.4 Å². The molecule has 0 saturated heterocycles. The van der Waals surface area contributed by atoms with Crippen LogP contribution in [0.3, 0.4) is 0 Å². The van der Waals surface area contributed by atoms with Gasteiger partial charge in [0.15, 0.2) is 0 Å². The van der Waals surface area contributed by atoms with Gasteiger partial charge in [0, 0.05) is 31.6 Å². The molecule has 0 radical (unpaired) electrons. The number of amides is 1. The molecule has 0 unspecified atom stereocenters. The highest BCUT2D eigenvalue weighted by molar-refractivity contribution is 9.10. The summed E-state index contributed by atoms with van der Waals surface area (Å²) in [6.45, 7) is 0. The van der Waals surface area contributed by atoms with E-state index >= 15 is 0 Å². The molecule has 1 aromatic heterocycles. The predicted molar refractivity (Wildman–Crippen MR) is 156 cm³/mol. The third-order valence-corrected chi connectivity index (χ3v) is 6.96. The lowest BCUT2D eigenvalue weighted by atomic mass is 10.0. The highest BCUT2D eigenvalue weighted by atomic mass is 79.9. The van der Waals surface area contributed by atoms with E-state index in [4.69, 9.17) is 21.1 Å². The lowest BCUT2D eigenvalue weighted by molar-refractivity contribution is 0.0734. The summed E-state index contributed by atoms with van der Waals surface area (Å²) in [6.07, 6.45) is 1.42. The number of fused-ring (bicyclic) bond motifs is 1. The first-order valence-corrected chi connectivity index (χ1v) is 13.0. The summed E-state index contributed by atoms with van der Waals surface area (Å²) < 4.78 is 11.5. The average Bonchev–Trinajstić information content (AvgIpc) is 3.35. The molecule has 39 heavy (non-hydrogen) atoms. The molecule has 0 atom stereocenters. The maximum absolute atomic E-state index is 13.3. The monoisotopic (exact) mass is 601 g/mol. The fraction of sp³-hybridized carbons (Fsp3) is 0.0333. The summed E-state index contributed by atoms with van der Waals surface area (Å²) in [4.78, 5) is 29.2. The number of ether oxygens (including phenoxy) is 2. The zero-order valence-electron chi connectivity index (χ0n) is 20.6. The molecule has 0 saturated carbocycles. The Balaban J connectivity index is 1.39. The summed E-state index contributed by atoms with van der Waals surface area (Å²) >= 11 is 10.0. The summed E-state index contributed by atoms with van der Waals surface area (Å²) in [5.41, 5.74) is 5.89. The smallest absolute Gasteiger partial charge is 0.343 e. The number of nitrogens with one attached hydrogen (secondary N) is 2. The number of methoxy groups -OCH3 is 1. The molecule has 9 heteroatoms. The van der Waals surface area contributed by atoms with Gasteiger partial charge in [0.25, 0.3) is 5.91 Å². The number of hydrogen-bond acceptors (Lipinski definition) is 5. The van der Waals surface area contributed by atoms with Gasteiger partial charge in [0.2, 0.25) is 0 Å². The number of esters is 1. The SMILES string of the molecule is COc1ccc(C(=O)Oc2ccccc2C=NNC(=O)c2[nH]c3c(Br)cccc3c2-c2ccccc2Cl)cc1. The van der Waals surface area contributed by atoms with Crippen molar-refractivity contribution >= 4 is 56.5 Å². The number of aromatic nitrogens is 1. The van der Waals surface area contributed by atoms with Gasteiger partial charge in [0.1, 0.15) is 17.2 Å². The Hall–Kier alpha value is -4.40. The molecule has 0 aliphatic rings. The predicted octanol–water partition coefficient (Wildman–Crippen LogP) is 7.24. The number of halogens is 2. The van der Waals surface area contributed by atoms with Crippen molar-refractivity contribution in [3.63, 3.8) is 0 Å².